The van der Waals surface area contributed by atoms with Crippen LogP contribution in [0.3, 0.4) is 0 Å². The number of hydrogen-bond donors (Lipinski definition) is 0. The zero-order chi connectivity index (χ0) is 9.68. The van der Waals surface area contributed by atoms with E-state index in [0.29, 0.717) is 5.69 Å². The summed E-state index contributed by atoms with van der Waals surface area (Å²) >= 11 is 0. The number of nitrogens with zero attached hydrogens (tertiary/aromatic N) is 3. The van der Waals surface area contributed by atoms with Crippen LogP contribution < -0.4 is 0 Å². The lowest BCUT2D eigenvalue weighted by Gasteiger charge is -2.01. The minimum atomic E-state index is -0.570. The molecule has 0 bridgehead atoms. The molecule has 1 aromatic rings. The molecule has 0 atom stereocenters. The van der Waals surface area contributed by atoms with Crippen molar-refractivity contribution >= 4 is 5.97 Å². The second kappa shape index (κ2) is 4.16. The predicted molar refractivity (Wildman–Crippen MR) is 42.7 cm³/mol. The molecule has 66 valence electrons. The van der Waals surface area contributed by atoms with E-state index in [9.17, 15) is 4.79 Å². The van der Waals surface area contributed by atoms with Gasteiger partial charge in [-0.2, -0.15) is 5.26 Å². The van der Waals surface area contributed by atoms with Crippen molar-refractivity contribution in [3.8, 4) is 6.07 Å². The number of aromatic nitrogens is 2. The van der Waals surface area contributed by atoms with E-state index in [2.05, 4.69) is 14.7 Å². The topological polar surface area (TPSA) is 75.9 Å². The molecule has 0 aliphatic heterocycles. The van der Waals surface area contributed by atoms with Gasteiger partial charge in [-0.3, -0.25) is 0 Å². The van der Waals surface area contributed by atoms with E-state index >= 15 is 0 Å². The van der Waals surface area contributed by atoms with Gasteiger partial charge in [0.05, 0.1) is 11.3 Å². The Kier molecular flexibility index (Phi) is 2.92. The average Bonchev–Trinajstić information content (AvgIpc) is 2.15. The molecule has 1 aromatic heterocycles. The monoisotopic (exact) mass is 177 g/mol. The maximum absolute atomic E-state index is 11.2. The number of carbonyl (C=O) groups is 1. The van der Waals surface area contributed by atoms with Crippen LogP contribution >= 0.6 is 0 Å². The Morgan fingerprint density at radius 3 is 3.15 bits per heavy atom. The number of nitriles is 1. The van der Waals surface area contributed by atoms with Crippen LogP contribution in [0, 0.1) is 18.3 Å². The number of carbonyl (C=O) groups excluding carboxylic acids is 1. The Bertz CT molecular complexity index is 357. The zero-order valence-electron chi connectivity index (χ0n) is 7.02. The van der Waals surface area contributed by atoms with Gasteiger partial charge >= 0.3 is 5.97 Å². The molecule has 0 fully saturated rings. The minimum absolute atomic E-state index is 0.257. The standard InChI is InChI=1S/C8H7N3O2/c1-6-7(4-10-5-11-6)8(12)13-3-2-9/h4-5H,3H2,1H3. The first-order valence-corrected chi connectivity index (χ1v) is 3.56. The lowest BCUT2D eigenvalue weighted by molar-refractivity contribution is 0.0553. The molecule has 0 aliphatic rings. The Morgan fingerprint density at radius 2 is 2.54 bits per heavy atom. The molecule has 1 rings (SSSR count). The number of ether oxygens (including phenoxy) is 1. The van der Waals surface area contributed by atoms with E-state index in [1.165, 1.54) is 12.5 Å². The predicted octanol–water partition coefficient (Wildman–Crippen LogP) is 0.465. The van der Waals surface area contributed by atoms with E-state index in [4.69, 9.17) is 5.26 Å². The first-order chi connectivity index (χ1) is 6.25. The van der Waals surface area contributed by atoms with Crippen LogP contribution in [0.1, 0.15) is 16.1 Å². The van der Waals surface area contributed by atoms with Crippen LogP contribution in [-0.4, -0.2) is 22.5 Å². The zero-order valence-corrected chi connectivity index (χ0v) is 7.02. The quantitative estimate of drug-likeness (QED) is 0.613. The molecule has 0 aliphatic carbocycles. The van der Waals surface area contributed by atoms with Gasteiger partial charge in [-0.15, -0.1) is 0 Å². The summed E-state index contributed by atoms with van der Waals surface area (Å²) in [5.41, 5.74) is 0.829. The van der Waals surface area contributed by atoms with Gasteiger partial charge in [0.2, 0.25) is 0 Å². The number of rotatable bonds is 2. The lowest BCUT2D eigenvalue weighted by atomic mass is 10.2. The highest BCUT2D eigenvalue weighted by Crippen LogP contribution is 2.03. The van der Waals surface area contributed by atoms with Gasteiger partial charge in [0.1, 0.15) is 12.4 Å². The molecule has 0 spiro atoms. The SMILES string of the molecule is Cc1ncncc1C(=O)OCC#N. The molecule has 0 saturated carbocycles. The second-order valence-electron chi connectivity index (χ2n) is 2.26. The maximum atomic E-state index is 11.2. The summed E-state index contributed by atoms with van der Waals surface area (Å²) in [4.78, 5) is 18.7. The highest BCUT2D eigenvalue weighted by atomic mass is 16.5. The summed E-state index contributed by atoms with van der Waals surface area (Å²) < 4.78 is 4.58. The normalized spacial score (nSPS) is 8.92. The second-order valence-corrected chi connectivity index (χ2v) is 2.26. The summed E-state index contributed by atoms with van der Waals surface area (Å²) in [6.45, 7) is 1.41. The van der Waals surface area contributed by atoms with Gasteiger partial charge in [-0.1, -0.05) is 0 Å². The van der Waals surface area contributed by atoms with Crippen molar-refractivity contribution in [1.29, 1.82) is 5.26 Å². The van der Waals surface area contributed by atoms with Crippen molar-refractivity contribution in [2.75, 3.05) is 6.61 Å². The van der Waals surface area contributed by atoms with Gasteiger partial charge in [0, 0.05) is 6.20 Å². The Hall–Kier alpha value is -1.96. The summed E-state index contributed by atoms with van der Waals surface area (Å²) in [6.07, 6.45) is 2.71. The van der Waals surface area contributed by atoms with E-state index in [1.807, 2.05) is 0 Å². The van der Waals surface area contributed by atoms with Crippen molar-refractivity contribution in [2.24, 2.45) is 0 Å². The smallest absolute Gasteiger partial charge is 0.342 e. The summed E-state index contributed by atoms with van der Waals surface area (Å²) in [7, 11) is 0. The fourth-order valence-electron chi connectivity index (χ4n) is 0.767. The first-order valence-electron chi connectivity index (χ1n) is 3.56. The minimum Gasteiger partial charge on any atom is -0.447 e. The number of aryl methyl sites for hydroxylation is 1. The fraction of sp³-hybridized carbons (Fsp3) is 0.250. The van der Waals surface area contributed by atoms with Gasteiger partial charge < -0.3 is 4.74 Å². The fourth-order valence-corrected chi connectivity index (χ4v) is 0.767. The van der Waals surface area contributed by atoms with Crippen LogP contribution in [0.15, 0.2) is 12.5 Å². The third-order valence-electron chi connectivity index (χ3n) is 1.40. The van der Waals surface area contributed by atoms with Crippen LogP contribution in [0.25, 0.3) is 0 Å². The van der Waals surface area contributed by atoms with E-state index < -0.39 is 5.97 Å². The molecule has 0 amide bonds. The van der Waals surface area contributed by atoms with Gasteiger partial charge in [-0.25, -0.2) is 14.8 Å². The number of hydrogen-bond acceptors (Lipinski definition) is 5. The largest absolute Gasteiger partial charge is 0.447 e. The van der Waals surface area contributed by atoms with Gasteiger partial charge in [0.15, 0.2) is 6.61 Å². The molecule has 13 heavy (non-hydrogen) atoms. The average molecular weight is 177 g/mol. The van der Waals surface area contributed by atoms with E-state index in [0.717, 1.165) is 0 Å². The molecule has 1 heterocycles. The highest BCUT2D eigenvalue weighted by molar-refractivity contribution is 5.90. The third kappa shape index (κ3) is 2.24. The van der Waals surface area contributed by atoms with Crippen molar-refractivity contribution in [3.05, 3.63) is 23.8 Å². The molecule has 5 nitrogen and oxygen atoms in total. The summed E-state index contributed by atoms with van der Waals surface area (Å²) in [5, 5.41) is 8.17. The van der Waals surface area contributed by atoms with E-state index in [-0.39, 0.29) is 12.2 Å². The summed E-state index contributed by atoms with van der Waals surface area (Å²) in [5.74, 6) is -0.570. The van der Waals surface area contributed by atoms with Crippen molar-refractivity contribution in [3.63, 3.8) is 0 Å². The van der Waals surface area contributed by atoms with Crippen LogP contribution in [0.5, 0.6) is 0 Å². The van der Waals surface area contributed by atoms with Crippen LogP contribution in [-0.2, 0) is 4.74 Å². The molecular formula is C8H7N3O2. The number of esters is 1. The molecule has 0 aromatic carbocycles. The highest BCUT2D eigenvalue weighted by Gasteiger charge is 2.10. The molecule has 0 unspecified atom stereocenters. The van der Waals surface area contributed by atoms with Crippen LogP contribution in [0.2, 0.25) is 0 Å². The first kappa shape index (κ1) is 9.13. The van der Waals surface area contributed by atoms with Crippen molar-refractivity contribution < 1.29 is 9.53 Å². The molecule has 5 heteroatoms. The Balaban J connectivity index is 2.78. The van der Waals surface area contributed by atoms with Crippen molar-refractivity contribution in [2.45, 2.75) is 6.92 Å². The van der Waals surface area contributed by atoms with Gasteiger partial charge in [-0.05, 0) is 6.92 Å². The van der Waals surface area contributed by atoms with Gasteiger partial charge in [0.25, 0.3) is 0 Å². The lowest BCUT2D eigenvalue weighted by Crippen LogP contribution is -2.08. The Labute approximate surface area is 75.0 Å². The molecular weight excluding hydrogens is 170 g/mol. The Morgan fingerprint density at radius 1 is 1.77 bits per heavy atom. The molecule has 0 radical (unpaired) electrons. The summed E-state index contributed by atoms with van der Waals surface area (Å²) in [6, 6.07) is 1.70. The maximum Gasteiger partial charge on any atom is 0.342 e. The third-order valence-corrected chi connectivity index (χ3v) is 1.40. The van der Waals surface area contributed by atoms with Crippen LogP contribution in [0.4, 0.5) is 0 Å². The van der Waals surface area contributed by atoms with Crippen molar-refractivity contribution in [1.82, 2.24) is 9.97 Å². The molecule has 0 N–H and O–H groups in total. The molecule has 0 saturated heterocycles. The van der Waals surface area contributed by atoms with E-state index in [1.54, 1.807) is 13.0 Å².